The SMILES string of the molecule is CCCn1nc(C)c(CN2CC(C(=O)O)CC2=O)c1C. The molecule has 1 unspecified atom stereocenters. The van der Waals surface area contributed by atoms with E-state index in [2.05, 4.69) is 12.0 Å². The van der Waals surface area contributed by atoms with Crippen molar-refractivity contribution in [3.8, 4) is 0 Å². The van der Waals surface area contributed by atoms with Crippen molar-refractivity contribution in [3.63, 3.8) is 0 Å². The monoisotopic (exact) mass is 279 g/mol. The number of aryl methyl sites for hydroxylation is 2. The maximum atomic E-state index is 11.9. The zero-order valence-corrected chi connectivity index (χ0v) is 12.2. The summed E-state index contributed by atoms with van der Waals surface area (Å²) in [6.45, 7) is 7.65. The van der Waals surface area contributed by atoms with Crippen molar-refractivity contribution in [2.75, 3.05) is 6.54 Å². The Morgan fingerprint density at radius 3 is 2.70 bits per heavy atom. The van der Waals surface area contributed by atoms with Crippen molar-refractivity contribution in [2.45, 2.75) is 46.7 Å². The lowest BCUT2D eigenvalue weighted by Gasteiger charge is -2.16. The lowest BCUT2D eigenvalue weighted by atomic mass is 10.1. The fraction of sp³-hybridized carbons (Fsp3) is 0.643. The van der Waals surface area contributed by atoms with E-state index < -0.39 is 11.9 Å². The third-order valence-electron chi connectivity index (χ3n) is 3.88. The molecule has 1 N–H and O–H groups in total. The van der Waals surface area contributed by atoms with E-state index in [1.807, 2.05) is 18.5 Å². The number of hydrogen-bond donors (Lipinski definition) is 1. The van der Waals surface area contributed by atoms with Crippen LogP contribution in [0.15, 0.2) is 0 Å². The van der Waals surface area contributed by atoms with Gasteiger partial charge in [0, 0.05) is 37.3 Å². The van der Waals surface area contributed by atoms with Gasteiger partial charge in [-0.25, -0.2) is 0 Å². The number of nitrogens with zero attached hydrogens (tertiary/aromatic N) is 3. The molecule has 1 aromatic rings. The summed E-state index contributed by atoms with van der Waals surface area (Å²) < 4.78 is 1.96. The van der Waals surface area contributed by atoms with E-state index in [9.17, 15) is 9.59 Å². The average molecular weight is 279 g/mol. The number of amides is 1. The molecule has 0 saturated carbocycles. The average Bonchev–Trinajstić information content (AvgIpc) is 2.87. The maximum Gasteiger partial charge on any atom is 0.308 e. The first-order chi connectivity index (χ1) is 9.43. The Bertz CT molecular complexity index is 536. The third kappa shape index (κ3) is 2.69. The van der Waals surface area contributed by atoms with E-state index in [-0.39, 0.29) is 12.3 Å². The molecule has 2 heterocycles. The normalized spacial score (nSPS) is 18.9. The summed E-state index contributed by atoms with van der Waals surface area (Å²) in [6, 6.07) is 0. The van der Waals surface area contributed by atoms with E-state index in [0.29, 0.717) is 13.1 Å². The first-order valence-corrected chi connectivity index (χ1v) is 6.97. The second-order valence-electron chi connectivity index (χ2n) is 5.39. The molecule has 6 nitrogen and oxygen atoms in total. The van der Waals surface area contributed by atoms with Crippen LogP contribution < -0.4 is 0 Å². The summed E-state index contributed by atoms with van der Waals surface area (Å²) >= 11 is 0. The van der Waals surface area contributed by atoms with Crippen molar-refractivity contribution >= 4 is 11.9 Å². The first kappa shape index (κ1) is 14.6. The van der Waals surface area contributed by atoms with Crippen LogP contribution in [0.2, 0.25) is 0 Å². The van der Waals surface area contributed by atoms with Crippen molar-refractivity contribution in [2.24, 2.45) is 5.92 Å². The summed E-state index contributed by atoms with van der Waals surface area (Å²) in [5.41, 5.74) is 3.02. The van der Waals surface area contributed by atoms with E-state index in [4.69, 9.17) is 5.11 Å². The van der Waals surface area contributed by atoms with E-state index in [1.165, 1.54) is 0 Å². The van der Waals surface area contributed by atoms with Crippen LogP contribution in [0.3, 0.4) is 0 Å². The number of carboxylic acids is 1. The van der Waals surface area contributed by atoms with Gasteiger partial charge in [-0.1, -0.05) is 6.92 Å². The highest BCUT2D eigenvalue weighted by Gasteiger charge is 2.34. The van der Waals surface area contributed by atoms with Gasteiger partial charge in [-0.05, 0) is 20.3 Å². The second-order valence-corrected chi connectivity index (χ2v) is 5.39. The quantitative estimate of drug-likeness (QED) is 0.882. The molecule has 1 aliphatic rings. The van der Waals surface area contributed by atoms with E-state index >= 15 is 0 Å². The van der Waals surface area contributed by atoms with Gasteiger partial charge in [0.2, 0.25) is 5.91 Å². The van der Waals surface area contributed by atoms with Crippen molar-refractivity contribution < 1.29 is 14.7 Å². The molecule has 1 atom stereocenters. The van der Waals surface area contributed by atoms with Crippen LogP contribution in [-0.4, -0.2) is 38.2 Å². The Hall–Kier alpha value is -1.85. The Morgan fingerprint density at radius 2 is 2.15 bits per heavy atom. The van der Waals surface area contributed by atoms with Gasteiger partial charge in [0.15, 0.2) is 0 Å². The fourth-order valence-corrected chi connectivity index (χ4v) is 2.67. The highest BCUT2D eigenvalue weighted by atomic mass is 16.4. The molecule has 1 amide bonds. The van der Waals surface area contributed by atoms with E-state index in [0.717, 1.165) is 29.9 Å². The number of hydrogen-bond acceptors (Lipinski definition) is 3. The Kier molecular flexibility index (Phi) is 4.11. The molecular weight excluding hydrogens is 258 g/mol. The van der Waals surface area contributed by atoms with Gasteiger partial charge in [0.25, 0.3) is 0 Å². The summed E-state index contributed by atoms with van der Waals surface area (Å²) in [5, 5.41) is 13.5. The molecule has 6 heteroatoms. The Balaban J connectivity index is 2.14. The topological polar surface area (TPSA) is 75.4 Å². The summed E-state index contributed by atoms with van der Waals surface area (Å²) in [4.78, 5) is 24.5. The third-order valence-corrected chi connectivity index (χ3v) is 3.88. The predicted molar refractivity (Wildman–Crippen MR) is 73.2 cm³/mol. The largest absolute Gasteiger partial charge is 0.481 e. The number of aromatic nitrogens is 2. The molecule has 2 rings (SSSR count). The highest BCUT2D eigenvalue weighted by Crippen LogP contribution is 2.23. The minimum atomic E-state index is -0.893. The van der Waals surface area contributed by atoms with Crippen LogP contribution in [0.1, 0.15) is 36.7 Å². The maximum absolute atomic E-state index is 11.9. The molecule has 0 aromatic carbocycles. The zero-order chi connectivity index (χ0) is 14.9. The molecule has 0 aliphatic carbocycles. The van der Waals surface area contributed by atoms with Gasteiger partial charge < -0.3 is 10.0 Å². The molecule has 1 fully saturated rings. The molecule has 0 radical (unpaired) electrons. The molecular formula is C14H21N3O3. The number of carbonyl (C=O) groups excluding carboxylic acids is 1. The lowest BCUT2D eigenvalue weighted by molar-refractivity contribution is -0.141. The van der Waals surface area contributed by atoms with Gasteiger partial charge >= 0.3 is 5.97 Å². The number of carbonyl (C=O) groups is 2. The zero-order valence-electron chi connectivity index (χ0n) is 12.2. The molecule has 1 aromatic heterocycles. The van der Waals surface area contributed by atoms with Gasteiger partial charge in [0.1, 0.15) is 0 Å². The summed E-state index contributed by atoms with van der Waals surface area (Å²) in [7, 11) is 0. The van der Waals surface area contributed by atoms with Gasteiger partial charge in [-0.3, -0.25) is 14.3 Å². The van der Waals surface area contributed by atoms with Crippen LogP contribution in [0.5, 0.6) is 0 Å². The highest BCUT2D eigenvalue weighted by molar-refractivity contribution is 5.86. The van der Waals surface area contributed by atoms with Gasteiger partial charge in [-0.15, -0.1) is 0 Å². The molecule has 0 bridgehead atoms. The predicted octanol–water partition coefficient (Wildman–Crippen LogP) is 1.34. The Morgan fingerprint density at radius 1 is 1.45 bits per heavy atom. The molecule has 0 spiro atoms. The Labute approximate surface area is 118 Å². The molecule has 1 aliphatic heterocycles. The minimum absolute atomic E-state index is 0.0839. The standard InChI is InChI=1S/C14H21N3O3/c1-4-5-17-10(3)12(9(2)15-17)8-16-7-11(14(19)20)6-13(16)18/h11H,4-8H2,1-3H3,(H,19,20). The number of likely N-dealkylation sites (tertiary alicyclic amines) is 1. The lowest BCUT2D eigenvalue weighted by Crippen LogP contribution is -2.26. The van der Waals surface area contributed by atoms with Gasteiger partial charge in [-0.2, -0.15) is 5.10 Å². The van der Waals surface area contributed by atoms with E-state index in [1.54, 1.807) is 4.90 Å². The van der Waals surface area contributed by atoms with Crippen LogP contribution in [0, 0.1) is 19.8 Å². The van der Waals surface area contributed by atoms with Crippen molar-refractivity contribution in [1.82, 2.24) is 14.7 Å². The van der Waals surface area contributed by atoms with Crippen molar-refractivity contribution in [3.05, 3.63) is 17.0 Å². The molecule has 110 valence electrons. The molecule has 1 saturated heterocycles. The molecule has 20 heavy (non-hydrogen) atoms. The fourth-order valence-electron chi connectivity index (χ4n) is 2.67. The summed E-state index contributed by atoms with van der Waals surface area (Å²) in [5.74, 6) is -1.55. The number of rotatable bonds is 5. The first-order valence-electron chi connectivity index (χ1n) is 6.97. The van der Waals surface area contributed by atoms with Crippen molar-refractivity contribution in [1.29, 1.82) is 0 Å². The second kappa shape index (κ2) is 5.64. The van der Waals surface area contributed by atoms with Crippen LogP contribution in [0.25, 0.3) is 0 Å². The number of aliphatic carboxylic acids is 1. The minimum Gasteiger partial charge on any atom is -0.481 e. The van der Waals surface area contributed by atoms with Crippen LogP contribution in [0.4, 0.5) is 0 Å². The smallest absolute Gasteiger partial charge is 0.308 e. The number of carboxylic acid groups (broad SMARTS) is 1. The summed E-state index contributed by atoms with van der Waals surface area (Å²) in [6.07, 6.45) is 1.11. The van der Waals surface area contributed by atoms with Crippen LogP contribution in [-0.2, 0) is 22.7 Å². The van der Waals surface area contributed by atoms with Gasteiger partial charge in [0.05, 0.1) is 11.6 Å². The van der Waals surface area contributed by atoms with Crippen LogP contribution >= 0.6 is 0 Å².